The summed E-state index contributed by atoms with van der Waals surface area (Å²) >= 11 is 0. The molecule has 6 nitrogen and oxygen atoms in total. The molecule has 1 aromatic carbocycles. The number of benzene rings is 1. The van der Waals surface area contributed by atoms with Crippen LogP contribution in [0.15, 0.2) is 30.3 Å². The summed E-state index contributed by atoms with van der Waals surface area (Å²) in [6, 6.07) is 10.7. The number of nitrogens with zero attached hydrogens (tertiary/aromatic N) is 1. The number of aliphatic carboxylic acids is 1. The standard InChI is InChI=1S/C20H29N3O3/c1-2-23(13-18(24)25)17-10-16(11-17)22-19(26)21-14-20(8-9-20)12-15-6-4-3-5-7-15/h3-7,16-17H,2,8-14H2,1H3,(H,24,25)(H2,21,22,26). The van der Waals surface area contributed by atoms with Gasteiger partial charge in [0.15, 0.2) is 0 Å². The summed E-state index contributed by atoms with van der Waals surface area (Å²) in [5, 5.41) is 15.0. The highest BCUT2D eigenvalue weighted by molar-refractivity contribution is 5.74. The summed E-state index contributed by atoms with van der Waals surface area (Å²) in [4.78, 5) is 25.0. The van der Waals surface area contributed by atoms with Gasteiger partial charge in [-0.3, -0.25) is 9.69 Å². The zero-order chi connectivity index (χ0) is 18.6. The van der Waals surface area contributed by atoms with Crippen LogP contribution in [-0.4, -0.2) is 53.7 Å². The van der Waals surface area contributed by atoms with Gasteiger partial charge in [-0.05, 0) is 49.6 Å². The molecule has 0 aliphatic heterocycles. The van der Waals surface area contributed by atoms with Crippen LogP contribution in [0.25, 0.3) is 0 Å². The van der Waals surface area contributed by atoms with Gasteiger partial charge in [0.05, 0.1) is 6.54 Å². The van der Waals surface area contributed by atoms with Gasteiger partial charge in [-0.1, -0.05) is 37.3 Å². The Kier molecular flexibility index (Phi) is 5.81. The third kappa shape index (κ3) is 4.97. The van der Waals surface area contributed by atoms with E-state index in [1.165, 1.54) is 5.56 Å². The second-order valence-corrected chi connectivity index (χ2v) is 7.77. The number of carbonyl (C=O) groups is 2. The molecule has 2 fully saturated rings. The van der Waals surface area contributed by atoms with E-state index in [-0.39, 0.29) is 30.1 Å². The fourth-order valence-electron chi connectivity index (χ4n) is 3.80. The summed E-state index contributed by atoms with van der Waals surface area (Å²) < 4.78 is 0. The predicted molar refractivity (Wildman–Crippen MR) is 100 cm³/mol. The summed E-state index contributed by atoms with van der Waals surface area (Å²) in [7, 11) is 0. The number of hydrogen-bond acceptors (Lipinski definition) is 3. The summed E-state index contributed by atoms with van der Waals surface area (Å²) in [5.41, 5.74) is 1.55. The molecular formula is C20H29N3O3. The Labute approximate surface area is 155 Å². The van der Waals surface area contributed by atoms with E-state index in [2.05, 4.69) is 34.9 Å². The lowest BCUT2D eigenvalue weighted by Crippen LogP contribution is -2.56. The number of nitrogens with one attached hydrogen (secondary N) is 2. The van der Waals surface area contributed by atoms with Gasteiger partial charge in [0.1, 0.15) is 0 Å². The van der Waals surface area contributed by atoms with Crippen molar-refractivity contribution in [1.82, 2.24) is 15.5 Å². The number of amides is 2. The molecule has 0 radical (unpaired) electrons. The van der Waals surface area contributed by atoms with Crippen LogP contribution in [0.5, 0.6) is 0 Å². The van der Waals surface area contributed by atoms with E-state index in [1.807, 2.05) is 17.9 Å². The second-order valence-electron chi connectivity index (χ2n) is 7.77. The summed E-state index contributed by atoms with van der Waals surface area (Å²) in [5.74, 6) is -0.797. The fraction of sp³-hybridized carbons (Fsp3) is 0.600. The Bertz CT molecular complexity index is 624. The highest BCUT2D eigenvalue weighted by Gasteiger charge is 2.43. The van der Waals surface area contributed by atoms with Crippen LogP contribution >= 0.6 is 0 Å². The number of carbonyl (C=O) groups excluding carboxylic acids is 1. The largest absolute Gasteiger partial charge is 0.480 e. The first-order valence-corrected chi connectivity index (χ1v) is 9.54. The molecule has 3 rings (SSSR count). The van der Waals surface area contributed by atoms with Crippen molar-refractivity contribution in [3.8, 4) is 0 Å². The number of hydrogen-bond donors (Lipinski definition) is 3. The first kappa shape index (κ1) is 18.7. The second kappa shape index (κ2) is 8.08. The number of urea groups is 1. The Morgan fingerprint density at radius 1 is 1.23 bits per heavy atom. The molecular weight excluding hydrogens is 330 g/mol. The minimum atomic E-state index is -0.797. The van der Waals surface area contributed by atoms with E-state index in [9.17, 15) is 9.59 Å². The molecule has 0 unspecified atom stereocenters. The lowest BCUT2D eigenvalue weighted by molar-refractivity contribution is -0.139. The SMILES string of the molecule is CCN(CC(=O)O)C1CC(NC(=O)NCC2(Cc3ccccc3)CC2)C1. The van der Waals surface area contributed by atoms with Gasteiger partial charge in [-0.15, -0.1) is 0 Å². The first-order chi connectivity index (χ1) is 12.5. The van der Waals surface area contributed by atoms with Gasteiger partial charge >= 0.3 is 12.0 Å². The molecule has 0 aromatic heterocycles. The molecule has 0 spiro atoms. The normalized spacial score (nSPS) is 23.2. The van der Waals surface area contributed by atoms with E-state index in [1.54, 1.807) is 0 Å². The first-order valence-electron chi connectivity index (χ1n) is 9.54. The maximum absolute atomic E-state index is 12.2. The van der Waals surface area contributed by atoms with E-state index in [0.717, 1.165) is 38.6 Å². The third-order valence-corrected chi connectivity index (χ3v) is 5.71. The maximum Gasteiger partial charge on any atom is 0.317 e. The Hall–Kier alpha value is -2.08. The predicted octanol–water partition coefficient (Wildman–Crippen LogP) is 2.25. The average molecular weight is 359 g/mol. The van der Waals surface area contributed by atoms with Gasteiger partial charge in [0.2, 0.25) is 0 Å². The number of carboxylic acid groups (broad SMARTS) is 1. The molecule has 2 amide bonds. The van der Waals surface area contributed by atoms with Crippen LogP contribution in [0.4, 0.5) is 4.79 Å². The minimum Gasteiger partial charge on any atom is -0.480 e. The highest BCUT2D eigenvalue weighted by Crippen LogP contribution is 2.47. The van der Waals surface area contributed by atoms with Crippen molar-refractivity contribution in [3.05, 3.63) is 35.9 Å². The Balaban J connectivity index is 1.36. The third-order valence-electron chi connectivity index (χ3n) is 5.71. The van der Waals surface area contributed by atoms with Crippen molar-refractivity contribution in [3.63, 3.8) is 0 Å². The highest BCUT2D eigenvalue weighted by atomic mass is 16.4. The molecule has 6 heteroatoms. The maximum atomic E-state index is 12.2. The van der Waals surface area contributed by atoms with Crippen molar-refractivity contribution in [1.29, 1.82) is 0 Å². The molecule has 1 aromatic rings. The monoisotopic (exact) mass is 359 g/mol. The molecule has 2 aliphatic rings. The summed E-state index contributed by atoms with van der Waals surface area (Å²) in [6.45, 7) is 3.47. The zero-order valence-electron chi connectivity index (χ0n) is 15.4. The van der Waals surface area contributed by atoms with E-state index >= 15 is 0 Å². The van der Waals surface area contributed by atoms with Gasteiger partial charge in [-0.25, -0.2) is 4.79 Å². The van der Waals surface area contributed by atoms with Gasteiger partial charge in [0, 0.05) is 18.6 Å². The average Bonchev–Trinajstić information content (AvgIpc) is 3.34. The van der Waals surface area contributed by atoms with E-state index in [4.69, 9.17) is 5.11 Å². The van der Waals surface area contributed by atoms with Crippen molar-refractivity contribution < 1.29 is 14.7 Å². The van der Waals surface area contributed by atoms with Crippen LogP contribution in [0.3, 0.4) is 0 Å². The van der Waals surface area contributed by atoms with Gasteiger partial charge < -0.3 is 15.7 Å². The van der Waals surface area contributed by atoms with Crippen LogP contribution < -0.4 is 10.6 Å². The Morgan fingerprint density at radius 2 is 1.92 bits per heavy atom. The molecule has 3 N–H and O–H groups in total. The van der Waals surface area contributed by atoms with Gasteiger partial charge in [0.25, 0.3) is 0 Å². The van der Waals surface area contributed by atoms with Crippen molar-refractivity contribution >= 4 is 12.0 Å². The van der Waals surface area contributed by atoms with Crippen molar-refractivity contribution in [2.45, 2.75) is 51.1 Å². The van der Waals surface area contributed by atoms with Crippen LogP contribution in [-0.2, 0) is 11.2 Å². The molecule has 0 heterocycles. The van der Waals surface area contributed by atoms with Crippen LogP contribution in [0.1, 0.15) is 38.2 Å². The van der Waals surface area contributed by atoms with E-state index in [0.29, 0.717) is 6.54 Å². The van der Waals surface area contributed by atoms with Crippen molar-refractivity contribution in [2.24, 2.45) is 5.41 Å². The lowest BCUT2D eigenvalue weighted by atomic mass is 9.85. The summed E-state index contributed by atoms with van der Waals surface area (Å²) in [6.07, 6.45) is 4.98. The van der Waals surface area contributed by atoms with Crippen LogP contribution in [0, 0.1) is 5.41 Å². The lowest BCUT2D eigenvalue weighted by Gasteiger charge is -2.42. The molecule has 2 saturated carbocycles. The molecule has 0 saturated heterocycles. The molecule has 142 valence electrons. The topological polar surface area (TPSA) is 81.7 Å². The number of rotatable bonds is 9. The quantitative estimate of drug-likeness (QED) is 0.632. The smallest absolute Gasteiger partial charge is 0.317 e. The Morgan fingerprint density at radius 3 is 2.50 bits per heavy atom. The molecule has 0 bridgehead atoms. The number of carboxylic acids is 1. The molecule has 0 atom stereocenters. The molecule has 2 aliphatic carbocycles. The fourth-order valence-corrected chi connectivity index (χ4v) is 3.80. The van der Waals surface area contributed by atoms with Crippen LogP contribution in [0.2, 0.25) is 0 Å². The van der Waals surface area contributed by atoms with E-state index < -0.39 is 5.97 Å². The number of likely N-dealkylation sites (N-methyl/N-ethyl adjacent to an activating group) is 1. The minimum absolute atomic E-state index is 0.0715. The zero-order valence-corrected chi connectivity index (χ0v) is 15.4. The van der Waals surface area contributed by atoms with Gasteiger partial charge in [-0.2, -0.15) is 0 Å². The van der Waals surface area contributed by atoms with Crippen molar-refractivity contribution in [2.75, 3.05) is 19.6 Å². The molecule has 26 heavy (non-hydrogen) atoms.